The Balaban J connectivity index is 1.98. The molecule has 0 aliphatic carbocycles. The highest BCUT2D eigenvalue weighted by Crippen LogP contribution is 2.20. The second-order valence-corrected chi connectivity index (χ2v) is 5.19. The van der Waals surface area contributed by atoms with Gasteiger partial charge in [-0.1, -0.05) is 0 Å². The van der Waals surface area contributed by atoms with Gasteiger partial charge < -0.3 is 10.0 Å². The normalized spacial score (nSPS) is 18.0. The first-order chi connectivity index (χ1) is 9.47. The summed E-state index contributed by atoms with van der Waals surface area (Å²) in [5, 5.41) is 11.8. The summed E-state index contributed by atoms with van der Waals surface area (Å²) < 4.78 is 1.02. The summed E-state index contributed by atoms with van der Waals surface area (Å²) in [6.45, 7) is 2.74. The van der Waals surface area contributed by atoms with Crippen molar-refractivity contribution in [3.63, 3.8) is 0 Å². The van der Waals surface area contributed by atoms with Gasteiger partial charge in [0.2, 0.25) is 5.91 Å². The molecule has 2 N–H and O–H groups in total. The maximum absolute atomic E-state index is 12.1. The molecule has 1 atom stereocenters. The summed E-state index contributed by atoms with van der Waals surface area (Å²) in [6, 6.07) is 2.28. The number of aliphatic hydroxyl groups is 1. The Morgan fingerprint density at radius 1 is 1.40 bits per heavy atom. The van der Waals surface area contributed by atoms with Crippen LogP contribution in [0.1, 0.15) is 19.8 Å². The molecule has 7 nitrogen and oxygen atoms in total. The molecule has 0 spiro atoms. The van der Waals surface area contributed by atoms with Crippen molar-refractivity contribution in [2.45, 2.75) is 32.4 Å². The first kappa shape index (κ1) is 14.5. The van der Waals surface area contributed by atoms with E-state index in [-0.39, 0.29) is 24.5 Å². The Kier molecular flexibility index (Phi) is 4.39. The molecule has 0 bridgehead atoms. The fraction of sp³-hybridized carbons (Fsp3) is 0.615. The van der Waals surface area contributed by atoms with E-state index >= 15 is 0 Å². The van der Waals surface area contributed by atoms with E-state index in [1.54, 1.807) is 11.8 Å². The number of H-pyrrole nitrogens is 1. The first-order valence-electron chi connectivity index (χ1n) is 6.73. The van der Waals surface area contributed by atoms with Gasteiger partial charge in [0.15, 0.2) is 0 Å². The van der Waals surface area contributed by atoms with Crippen LogP contribution < -0.4 is 11.1 Å². The Morgan fingerprint density at radius 3 is 2.65 bits per heavy atom. The average Bonchev–Trinajstić information content (AvgIpc) is 2.43. The van der Waals surface area contributed by atoms with Gasteiger partial charge in [-0.15, -0.1) is 0 Å². The molecule has 2 rings (SSSR count). The molecule has 1 aromatic heterocycles. The number of carbonyl (C=O) groups excluding carboxylic acids is 1. The number of nitrogens with zero attached hydrogens (tertiary/aromatic N) is 2. The predicted octanol–water partition coefficient (Wildman–Crippen LogP) is -0.844. The number of likely N-dealkylation sites (tertiary alicyclic amines) is 1. The molecule has 1 aliphatic rings. The van der Waals surface area contributed by atoms with Gasteiger partial charge in [0.05, 0.1) is 6.10 Å². The van der Waals surface area contributed by atoms with Crippen LogP contribution >= 0.6 is 0 Å². The molecule has 20 heavy (non-hydrogen) atoms. The summed E-state index contributed by atoms with van der Waals surface area (Å²) in [5.74, 6) is 0.0243. The Bertz CT molecular complexity index is 582. The van der Waals surface area contributed by atoms with E-state index in [4.69, 9.17) is 0 Å². The maximum atomic E-state index is 12.1. The van der Waals surface area contributed by atoms with Gasteiger partial charge in [-0.2, -0.15) is 0 Å². The van der Waals surface area contributed by atoms with Crippen LogP contribution in [-0.2, 0) is 11.3 Å². The van der Waals surface area contributed by atoms with Gasteiger partial charge >= 0.3 is 0 Å². The Hall–Kier alpha value is -1.89. The van der Waals surface area contributed by atoms with Crippen LogP contribution in [0.2, 0.25) is 0 Å². The highest BCUT2D eigenvalue weighted by Gasteiger charge is 2.25. The van der Waals surface area contributed by atoms with E-state index in [0.29, 0.717) is 13.1 Å². The third-order valence-corrected chi connectivity index (χ3v) is 3.76. The molecular formula is C13H19N3O4. The Labute approximate surface area is 115 Å². The number of hydrogen-bond donors (Lipinski definition) is 2. The third-order valence-electron chi connectivity index (χ3n) is 3.76. The largest absolute Gasteiger partial charge is 0.393 e. The quantitative estimate of drug-likeness (QED) is 0.755. The van der Waals surface area contributed by atoms with E-state index < -0.39 is 11.1 Å². The number of nitrogens with one attached hydrogen (secondary N) is 1. The van der Waals surface area contributed by atoms with Crippen LogP contribution in [0.15, 0.2) is 21.7 Å². The zero-order valence-corrected chi connectivity index (χ0v) is 11.4. The van der Waals surface area contributed by atoms with Gasteiger partial charge in [0.1, 0.15) is 6.54 Å². The van der Waals surface area contributed by atoms with Gasteiger partial charge in [0, 0.05) is 25.2 Å². The summed E-state index contributed by atoms with van der Waals surface area (Å²) in [4.78, 5) is 36.4. The highest BCUT2D eigenvalue weighted by molar-refractivity contribution is 5.75. The van der Waals surface area contributed by atoms with Crippen molar-refractivity contribution in [3.8, 4) is 0 Å². The molecule has 1 amide bonds. The van der Waals surface area contributed by atoms with E-state index in [1.807, 2.05) is 0 Å². The average molecular weight is 281 g/mol. The third kappa shape index (κ3) is 3.36. The molecule has 7 heteroatoms. The molecule has 1 saturated heterocycles. The second kappa shape index (κ2) is 6.04. The lowest BCUT2D eigenvalue weighted by atomic mass is 9.92. The topological polar surface area (TPSA) is 95.4 Å². The number of amides is 1. The van der Waals surface area contributed by atoms with Crippen LogP contribution in [0, 0.1) is 5.92 Å². The number of piperidine rings is 1. The van der Waals surface area contributed by atoms with E-state index in [0.717, 1.165) is 29.7 Å². The molecule has 1 fully saturated rings. The van der Waals surface area contributed by atoms with Crippen LogP contribution in [0.5, 0.6) is 0 Å². The number of aromatic nitrogens is 2. The molecule has 0 saturated carbocycles. The summed E-state index contributed by atoms with van der Waals surface area (Å²) >= 11 is 0. The molecule has 1 aromatic rings. The van der Waals surface area contributed by atoms with Crippen molar-refractivity contribution >= 4 is 5.91 Å². The molecule has 110 valence electrons. The first-order valence-corrected chi connectivity index (χ1v) is 6.73. The van der Waals surface area contributed by atoms with Crippen molar-refractivity contribution in [3.05, 3.63) is 32.8 Å². The van der Waals surface area contributed by atoms with Crippen LogP contribution in [0.3, 0.4) is 0 Å². The van der Waals surface area contributed by atoms with Crippen molar-refractivity contribution in [2.24, 2.45) is 5.92 Å². The van der Waals surface area contributed by atoms with Crippen LogP contribution in [-0.4, -0.2) is 44.9 Å². The standard InChI is InChI=1S/C13H19N3O4/c1-9(17)10-4-6-15(7-5-10)13(20)8-16-12(19)3-2-11(18)14-16/h2-3,9-10,17H,4-8H2,1H3,(H,14,18). The maximum Gasteiger partial charge on any atom is 0.265 e. The van der Waals surface area contributed by atoms with Gasteiger partial charge in [-0.05, 0) is 25.7 Å². The minimum absolute atomic E-state index is 0.158. The van der Waals surface area contributed by atoms with E-state index in [1.165, 1.54) is 0 Å². The van der Waals surface area contributed by atoms with Crippen LogP contribution in [0.25, 0.3) is 0 Å². The number of carbonyl (C=O) groups is 1. The zero-order valence-electron chi connectivity index (χ0n) is 11.4. The van der Waals surface area contributed by atoms with Crippen molar-refractivity contribution in [2.75, 3.05) is 13.1 Å². The highest BCUT2D eigenvalue weighted by atomic mass is 16.3. The molecule has 1 aliphatic heterocycles. The van der Waals surface area contributed by atoms with Crippen molar-refractivity contribution in [1.82, 2.24) is 14.7 Å². The van der Waals surface area contributed by atoms with Gasteiger partial charge in [0.25, 0.3) is 11.1 Å². The number of aliphatic hydroxyl groups excluding tert-OH is 1. The zero-order chi connectivity index (χ0) is 14.7. The van der Waals surface area contributed by atoms with Crippen LogP contribution in [0.4, 0.5) is 0 Å². The molecule has 1 unspecified atom stereocenters. The molecular weight excluding hydrogens is 262 g/mol. The number of rotatable bonds is 3. The lowest BCUT2D eigenvalue weighted by Crippen LogP contribution is -2.44. The monoisotopic (exact) mass is 281 g/mol. The molecule has 0 radical (unpaired) electrons. The van der Waals surface area contributed by atoms with E-state index in [9.17, 15) is 19.5 Å². The Morgan fingerprint density at radius 2 is 2.05 bits per heavy atom. The van der Waals surface area contributed by atoms with E-state index in [2.05, 4.69) is 5.10 Å². The number of hydrogen-bond acceptors (Lipinski definition) is 4. The number of aromatic amines is 1. The van der Waals surface area contributed by atoms with Crippen molar-refractivity contribution in [1.29, 1.82) is 0 Å². The van der Waals surface area contributed by atoms with Crippen molar-refractivity contribution < 1.29 is 9.90 Å². The van der Waals surface area contributed by atoms with Gasteiger partial charge in [-0.25, -0.2) is 4.68 Å². The van der Waals surface area contributed by atoms with Gasteiger partial charge in [-0.3, -0.25) is 19.5 Å². The summed E-state index contributed by atoms with van der Waals surface area (Å²) in [5.41, 5.74) is -0.818. The lowest BCUT2D eigenvalue weighted by molar-refractivity contribution is -0.134. The predicted molar refractivity (Wildman–Crippen MR) is 72.3 cm³/mol. The fourth-order valence-corrected chi connectivity index (χ4v) is 2.45. The smallest absolute Gasteiger partial charge is 0.265 e. The molecule has 0 aromatic carbocycles. The minimum Gasteiger partial charge on any atom is -0.393 e. The lowest BCUT2D eigenvalue weighted by Gasteiger charge is -2.33. The minimum atomic E-state index is -0.412. The SMILES string of the molecule is CC(O)C1CCN(C(=O)Cn2[nH]c(=O)ccc2=O)CC1. The molecule has 2 heterocycles. The fourth-order valence-electron chi connectivity index (χ4n) is 2.45. The summed E-state index contributed by atoms with van der Waals surface area (Å²) in [7, 11) is 0. The second-order valence-electron chi connectivity index (χ2n) is 5.19. The summed E-state index contributed by atoms with van der Waals surface area (Å²) in [6.07, 6.45) is 1.15.